The van der Waals surface area contributed by atoms with Gasteiger partial charge in [0.15, 0.2) is 0 Å². The van der Waals surface area contributed by atoms with Crippen molar-refractivity contribution in [3.63, 3.8) is 0 Å². The molecule has 12 nitrogen and oxygen atoms in total. The predicted octanol–water partition coefficient (Wildman–Crippen LogP) is 11.1. The number of ether oxygens (including phenoxy) is 2. The molecular formula is C53H55F12N7O5S2. The Morgan fingerprint density at radius 1 is 0.658 bits per heavy atom. The van der Waals surface area contributed by atoms with Gasteiger partial charge in [-0.25, -0.2) is 4.79 Å². The molecule has 4 heterocycles. The van der Waals surface area contributed by atoms with E-state index in [4.69, 9.17) is 15.2 Å². The lowest BCUT2D eigenvalue weighted by molar-refractivity contribution is -0.163. The highest BCUT2D eigenvalue weighted by Crippen LogP contribution is 2.52. The van der Waals surface area contributed by atoms with E-state index in [1.54, 1.807) is 24.3 Å². The highest BCUT2D eigenvalue weighted by Gasteiger charge is 2.51. The van der Waals surface area contributed by atoms with E-state index in [1.807, 2.05) is 0 Å². The standard InChI is InChI=1S/C53H55F12N7O5S2/c54-50(55,56)45-31(9-15-43(73)70-21-24-76-25-22-70)7-13-42(47(45)52(60,61)62)79-38-6-2-4-35(28-38)69-36-11-12-39(67-29-36)40-30-72(23-26-77-40)44(74)16-10-32-8-14-41(48(53(63,64)65)46(32)51(57,58)59)78-37-5-1-3-34(27-37)68-33-17-19-71(20-18-33)49(66)75/h1-7,9-10,13-16,27-28,32-33,36,39-40,67-69H,8,11-12,17-26,29-30H2,(H2,66,75)/b15-9+,16-10+. The first-order chi connectivity index (χ1) is 37.3. The summed E-state index contributed by atoms with van der Waals surface area (Å²) in [6, 6.07) is 13.1. The Bertz CT molecular complexity index is 2820. The number of nitrogens with one attached hydrogen (secondary N) is 3. The molecule has 4 saturated heterocycles. The summed E-state index contributed by atoms with van der Waals surface area (Å²) in [4.78, 5) is 40.9. The van der Waals surface area contributed by atoms with Crippen molar-refractivity contribution in [1.29, 1.82) is 0 Å². The fourth-order valence-electron chi connectivity index (χ4n) is 10.2. The minimum atomic E-state index is -5.44. The number of nitrogens with zero attached hydrogens (tertiary/aromatic N) is 3. The van der Waals surface area contributed by atoms with Crippen LogP contribution in [0, 0.1) is 5.92 Å². The lowest BCUT2D eigenvalue weighted by Gasteiger charge is -2.40. The number of piperidine rings is 2. The second kappa shape index (κ2) is 24.9. The van der Waals surface area contributed by atoms with Gasteiger partial charge in [-0.2, -0.15) is 52.7 Å². The van der Waals surface area contributed by atoms with Crippen molar-refractivity contribution >= 4 is 58.8 Å². The number of nitrogens with two attached hydrogens (primary N) is 1. The number of anilines is 2. The van der Waals surface area contributed by atoms with Crippen molar-refractivity contribution in [2.75, 3.05) is 76.3 Å². The number of likely N-dealkylation sites (tertiary alicyclic amines) is 1. The largest absolute Gasteiger partial charge is 0.418 e. The number of urea groups is 1. The molecular weight excluding hydrogens is 1110 g/mol. The molecule has 0 radical (unpaired) electrons. The third-order valence-corrected chi connectivity index (χ3v) is 16.1. The number of benzene rings is 3. The fraction of sp³-hybridized carbons (Fsp3) is 0.453. The molecule has 4 aliphatic heterocycles. The van der Waals surface area contributed by atoms with E-state index in [-0.39, 0.29) is 73.9 Å². The molecule has 4 unspecified atom stereocenters. The normalized spacial score (nSPS) is 22.4. The number of halogens is 12. The maximum atomic E-state index is 14.8. The minimum absolute atomic E-state index is 0.0135. The summed E-state index contributed by atoms with van der Waals surface area (Å²) in [5.41, 5.74) is -1.93. The van der Waals surface area contributed by atoms with Crippen molar-refractivity contribution in [1.82, 2.24) is 20.0 Å². The molecule has 26 heteroatoms. The Morgan fingerprint density at radius 3 is 1.87 bits per heavy atom. The monoisotopic (exact) mass is 1160 g/mol. The van der Waals surface area contributed by atoms with Crippen molar-refractivity contribution in [2.45, 2.75) is 95.7 Å². The van der Waals surface area contributed by atoms with Crippen LogP contribution in [0.4, 0.5) is 68.9 Å². The van der Waals surface area contributed by atoms with E-state index in [0.29, 0.717) is 80.2 Å². The number of thioether (sulfide) groups is 1. The van der Waals surface area contributed by atoms with Crippen LogP contribution in [0.1, 0.15) is 48.8 Å². The van der Waals surface area contributed by atoms with Gasteiger partial charge in [-0.1, -0.05) is 53.9 Å². The van der Waals surface area contributed by atoms with Crippen molar-refractivity contribution in [3.8, 4) is 0 Å². The van der Waals surface area contributed by atoms with Crippen molar-refractivity contribution < 1.29 is 76.5 Å². The molecule has 0 bridgehead atoms. The van der Waals surface area contributed by atoms with Crippen LogP contribution in [0.5, 0.6) is 0 Å². The Morgan fingerprint density at radius 2 is 1.28 bits per heavy atom. The topological polar surface area (TPSA) is 142 Å². The second-order valence-electron chi connectivity index (χ2n) is 19.4. The van der Waals surface area contributed by atoms with Crippen LogP contribution < -0.4 is 21.7 Å². The molecule has 428 valence electrons. The fourth-order valence-corrected chi connectivity index (χ4v) is 12.3. The number of primary amides is 1. The van der Waals surface area contributed by atoms with Crippen LogP contribution in [0.25, 0.3) is 6.08 Å². The van der Waals surface area contributed by atoms with E-state index in [0.717, 1.165) is 42.5 Å². The van der Waals surface area contributed by atoms with Gasteiger partial charge in [-0.3, -0.25) is 9.59 Å². The summed E-state index contributed by atoms with van der Waals surface area (Å²) in [7, 11) is 0. The van der Waals surface area contributed by atoms with Crippen LogP contribution in [-0.4, -0.2) is 135 Å². The molecule has 5 N–H and O–H groups in total. The van der Waals surface area contributed by atoms with E-state index in [2.05, 4.69) is 16.0 Å². The van der Waals surface area contributed by atoms with Gasteiger partial charge in [0, 0.05) is 107 Å². The first kappa shape index (κ1) is 59.3. The summed E-state index contributed by atoms with van der Waals surface area (Å²) in [6.45, 7) is 2.06. The third-order valence-electron chi connectivity index (χ3n) is 14.0. The molecule has 0 aromatic heterocycles. The highest BCUT2D eigenvalue weighted by molar-refractivity contribution is 8.03. The Kier molecular flexibility index (Phi) is 18.7. The number of alkyl halides is 12. The van der Waals surface area contributed by atoms with Crippen LogP contribution in [-0.2, 0) is 31.4 Å². The van der Waals surface area contributed by atoms with Crippen LogP contribution in [0.15, 0.2) is 116 Å². The van der Waals surface area contributed by atoms with Gasteiger partial charge in [0.25, 0.3) is 0 Å². The zero-order valence-electron chi connectivity index (χ0n) is 42.0. The highest BCUT2D eigenvalue weighted by atomic mass is 32.2. The molecule has 0 saturated carbocycles. The molecule has 8 rings (SSSR count). The number of hydrogen-bond donors (Lipinski definition) is 4. The van der Waals surface area contributed by atoms with Crippen molar-refractivity contribution in [3.05, 3.63) is 118 Å². The van der Waals surface area contributed by atoms with Gasteiger partial charge < -0.3 is 45.9 Å². The van der Waals surface area contributed by atoms with E-state index in [1.165, 1.54) is 39.0 Å². The molecule has 1 aliphatic carbocycles. The van der Waals surface area contributed by atoms with Crippen LogP contribution in [0.3, 0.4) is 0 Å². The molecule has 79 heavy (non-hydrogen) atoms. The quantitative estimate of drug-likeness (QED) is 0.0966. The van der Waals surface area contributed by atoms with Gasteiger partial charge >= 0.3 is 30.7 Å². The Balaban J connectivity index is 0.873. The van der Waals surface area contributed by atoms with Crippen LogP contribution >= 0.6 is 23.5 Å². The predicted molar refractivity (Wildman–Crippen MR) is 273 cm³/mol. The summed E-state index contributed by atoms with van der Waals surface area (Å²) < 4.78 is 187. The van der Waals surface area contributed by atoms with E-state index < -0.39 is 98.6 Å². The zero-order valence-corrected chi connectivity index (χ0v) is 43.6. The van der Waals surface area contributed by atoms with E-state index in [9.17, 15) is 67.1 Å². The maximum absolute atomic E-state index is 14.8. The average molecular weight is 1160 g/mol. The van der Waals surface area contributed by atoms with Gasteiger partial charge in [0.05, 0.1) is 48.2 Å². The molecule has 5 aliphatic rings. The lowest BCUT2D eigenvalue weighted by atomic mass is 9.85. The van der Waals surface area contributed by atoms with Crippen molar-refractivity contribution in [2.24, 2.45) is 11.7 Å². The van der Waals surface area contributed by atoms with Gasteiger partial charge in [-0.15, -0.1) is 0 Å². The summed E-state index contributed by atoms with van der Waals surface area (Å²) in [6.07, 6.45) is -16.3. The average Bonchev–Trinajstić information content (AvgIpc) is 3.57. The summed E-state index contributed by atoms with van der Waals surface area (Å²) in [5, 5.41) is 9.91. The maximum Gasteiger partial charge on any atom is 0.418 e. The molecule has 3 aromatic carbocycles. The Hall–Kier alpha value is -5.83. The number of morpholine rings is 2. The molecule has 4 atom stereocenters. The molecule has 4 amide bonds. The van der Waals surface area contributed by atoms with Gasteiger partial charge in [0.1, 0.15) is 0 Å². The summed E-state index contributed by atoms with van der Waals surface area (Å²) >= 11 is 1.04. The smallest absolute Gasteiger partial charge is 0.382 e. The second-order valence-corrected chi connectivity index (χ2v) is 21.6. The molecule has 0 spiro atoms. The molecule has 4 fully saturated rings. The summed E-state index contributed by atoms with van der Waals surface area (Å²) in [5.74, 6) is -3.22. The van der Waals surface area contributed by atoms with Gasteiger partial charge in [0.2, 0.25) is 11.8 Å². The lowest BCUT2D eigenvalue weighted by Crippen LogP contribution is -2.57. The minimum Gasteiger partial charge on any atom is -0.382 e. The number of rotatable bonds is 13. The molecule has 3 aromatic rings. The zero-order chi connectivity index (χ0) is 56.9. The number of carbonyl (C=O) groups is 3. The first-order valence-corrected chi connectivity index (χ1v) is 26.9. The Labute approximate surface area is 455 Å². The van der Waals surface area contributed by atoms with Crippen LogP contribution in [0.2, 0.25) is 0 Å². The number of hydrogen-bond acceptors (Lipinski definition) is 10. The number of carbonyl (C=O) groups excluding carboxylic acids is 3. The van der Waals surface area contributed by atoms with Gasteiger partial charge in [-0.05, 0) is 92.3 Å². The SMILES string of the molecule is NC(=O)N1CCC(Nc2cccc(SC3=CCC(/C=C/C(=O)N4CCOC(C5CCC(Nc6cccc(Sc7ccc(/C=C/C(=O)N8CCOCC8)c(C(F)(F)F)c7C(F)(F)F)c6)CN5)C4)C(C(F)(F)F)=C3C(F)(F)F)c2)CC1. The first-order valence-electron chi connectivity index (χ1n) is 25.2. The number of allylic oxidation sites excluding steroid dienone is 4. The third kappa shape index (κ3) is 15.3. The van der Waals surface area contributed by atoms with E-state index >= 15 is 0 Å². The number of amides is 4.